The fourth-order valence-electron chi connectivity index (χ4n) is 0.263. The molecule has 0 fully saturated rings. The molecular weight excluding hydrogens is 144 g/mol. The van der Waals surface area contributed by atoms with Crippen LogP contribution in [0.4, 0.5) is 0 Å². The van der Waals surface area contributed by atoms with Gasteiger partial charge >= 0.3 is 0 Å². The minimum atomic E-state index is -3.69. The van der Waals surface area contributed by atoms with E-state index in [9.17, 15) is 8.42 Å². The standard InChI is InChI=1S/C4H10O4S/c1-3-8-9(6,7)4(2)5/h4-5H,3H2,1-2H3. The van der Waals surface area contributed by atoms with Crippen molar-refractivity contribution in [2.45, 2.75) is 19.3 Å². The predicted molar refractivity (Wildman–Crippen MR) is 32.2 cm³/mol. The molecule has 0 radical (unpaired) electrons. The van der Waals surface area contributed by atoms with Gasteiger partial charge in [-0.25, -0.2) is 0 Å². The summed E-state index contributed by atoms with van der Waals surface area (Å²) in [5.74, 6) is 0. The molecule has 1 unspecified atom stereocenters. The van der Waals surface area contributed by atoms with Crippen LogP contribution in [0, 0.1) is 0 Å². The predicted octanol–water partition coefficient (Wildman–Crippen LogP) is -0.309. The smallest absolute Gasteiger partial charge is 0.294 e. The normalized spacial score (nSPS) is 15.4. The van der Waals surface area contributed by atoms with Gasteiger partial charge in [0, 0.05) is 0 Å². The van der Waals surface area contributed by atoms with Gasteiger partial charge in [0.15, 0.2) is 5.44 Å². The van der Waals surface area contributed by atoms with E-state index in [0.717, 1.165) is 6.92 Å². The topological polar surface area (TPSA) is 63.6 Å². The molecule has 1 atom stereocenters. The van der Waals surface area contributed by atoms with Crippen molar-refractivity contribution in [3.8, 4) is 0 Å². The van der Waals surface area contributed by atoms with E-state index in [4.69, 9.17) is 5.11 Å². The van der Waals surface area contributed by atoms with Gasteiger partial charge in [0.25, 0.3) is 10.1 Å². The van der Waals surface area contributed by atoms with Crippen LogP contribution in [0.2, 0.25) is 0 Å². The highest BCUT2D eigenvalue weighted by molar-refractivity contribution is 7.87. The van der Waals surface area contributed by atoms with Gasteiger partial charge in [-0.3, -0.25) is 4.18 Å². The van der Waals surface area contributed by atoms with Crippen LogP contribution >= 0.6 is 0 Å². The molecule has 4 nitrogen and oxygen atoms in total. The van der Waals surface area contributed by atoms with Crippen LogP contribution in [0.25, 0.3) is 0 Å². The molecule has 0 saturated heterocycles. The number of hydrogen-bond acceptors (Lipinski definition) is 4. The molecule has 0 aliphatic heterocycles. The maximum atomic E-state index is 10.5. The molecule has 0 spiro atoms. The fraction of sp³-hybridized carbons (Fsp3) is 1.00. The molecule has 0 bridgehead atoms. The highest BCUT2D eigenvalue weighted by Crippen LogP contribution is 1.98. The van der Waals surface area contributed by atoms with Crippen molar-refractivity contribution in [3.05, 3.63) is 0 Å². The van der Waals surface area contributed by atoms with E-state index in [-0.39, 0.29) is 6.61 Å². The maximum absolute atomic E-state index is 10.5. The Balaban J connectivity index is 4.05. The quantitative estimate of drug-likeness (QED) is 0.566. The maximum Gasteiger partial charge on any atom is 0.294 e. The van der Waals surface area contributed by atoms with Crippen LogP contribution in [0.1, 0.15) is 13.8 Å². The molecule has 0 saturated carbocycles. The first-order valence-electron chi connectivity index (χ1n) is 2.57. The monoisotopic (exact) mass is 154 g/mol. The Bertz CT molecular complexity index is 157. The first kappa shape index (κ1) is 8.87. The van der Waals surface area contributed by atoms with Gasteiger partial charge in [-0.2, -0.15) is 8.42 Å². The Labute approximate surface area is 54.6 Å². The van der Waals surface area contributed by atoms with Crippen molar-refractivity contribution in [1.29, 1.82) is 0 Å². The SMILES string of the molecule is CCOS(=O)(=O)C(C)O. The number of hydrogen-bond donors (Lipinski definition) is 1. The van der Waals surface area contributed by atoms with Gasteiger partial charge < -0.3 is 5.11 Å². The van der Waals surface area contributed by atoms with E-state index < -0.39 is 15.6 Å². The summed E-state index contributed by atoms with van der Waals surface area (Å²) in [6.45, 7) is 2.75. The van der Waals surface area contributed by atoms with Gasteiger partial charge in [0.2, 0.25) is 0 Å². The lowest BCUT2D eigenvalue weighted by Gasteiger charge is -2.03. The average molecular weight is 154 g/mol. The molecule has 1 N–H and O–H groups in total. The van der Waals surface area contributed by atoms with Crippen molar-refractivity contribution >= 4 is 10.1 Å². The summed E-state index contributed by atoms with van der Waals surface area (Å²) in [5, 5.41) is 8.50. The van der Waals surface area contributed by atoms with Crippen molar-refractivity contribution in [1.82, 2.24) is 0 Å². The lowest BCUT2D eigenvalue weighted by Crippen LogP contribution is -2.19. The van der Waals surface area contributed by atoms with Gasteiger partial charge in [-0.15, -0.1) is 0 Å². The number of aliphatic hydroxyl groups is 1. The zero-order chi connectivity index (χ0) is 7.49. The second-order valence-electron chi connectivity index (χ2n) is 1.50. The highest BCUT2D eigenvalue weighted by Gasteiger charge is 2.16. The second-order valence-corrected chi connectivity index (χ2v) is 3.40. The largest absolute Gasteiger partial charge is 0.375 e. The Kier molecular flexibility index (Phi) is 3.10. The second kappa shape index (κ2) is 3.14. The van der Waals surface area contributed by atoms with E-state index in [0.29, 0.717) is 0 Å². The van der Waals surface area contributed by atoms with Crippen LogP contribution < -0.4 is 0 Å². The van der Waals surface area contributed by atoms with Crippen LogP contribution in [0.3, 0.4) is 0 Å². The third kappa shape index (κ3) is 2.78. The van der Waals surface area contributed by atoms with E-state index in [1.165, 1.54) is 0 Å². The van der Waals surface area contributed by atoms with Crippen molar-refractivity contribution < 1.29 is 17.7 Å². The lowest BCUT2D eigenvalue weighted by atomic mass is 10.9. The first-order chi connectivity index (χ1) is 4.00. The Hall–Kier alpha value is -0.130. The van der Waals surface area contributed by atoms with E-state index >= 15 is 0 Å². The molecule has 0 rings (SSSR count). The molecular formula is C4H10O4S. The van der Waals surface area contributed by atoms with Gasteiger partial charge in [0.05, 0.1) is 6.61 Å². The van der Waals surface area contributed by atoms with Crippen molar-refractivity contribution in [2.24, 2.45) is 0 Å². The summed E-state index contributed by atoms with van der Waals surface area (Å²) >= 11 is 0. The fourth-order valence-corrected chi connectivity index (χ4v) is 0.788. The van der Waals surface area contributed by atoms with Crippen LogP contribution in [-0.2, 0) is 14.3 Å². The zero-order valence-electron chi connectivity index (χ0n) is 5.36. The molecule has 0 aliphatic rings. The van der Waals surface area contributed by atoms with Gasteiger partial charge in [-0.05, 0) is 13.8 Å². The number of aliphatic hydroxyl groups excluding tert-OH is 1. The summed E-state index contributed by atoms with van der Waals surface area (Å²) < 4.78 is 25.1. The van der Waals surface area contributed by atoms with Crippen LogP contribution in [0.15, 0.2) is 0 Å². The molecule has 56 valence electrons. The molecule has 0 amide bonds. The number of rotatable bonds is 3. The summed E-state index contributed by atoms with van der Waals surface area (Å²) in [5.41, 5.74) is -1.43. The minimum absolute atomic E-state index is 0.0627. The van der Waals surface area contributed by atoms with Gasteiger partial charge in [-0.1, -0.05) is 0 Å². The first-order valence-corrected chi connectivity index (χ1v) is 4.04. The van der Waals surface area contributed by atoms with Crippen LogP contribution in [0.5, 0.6) is 0 Å². The third-order valence-corrected chi connectivity index (χ3v) is 2.10. The Morgan fingerprint density at radius 2 is 2.11 bits per heavy atom. The molecule has 5 heteroatoms. The van der Waals surface area contributed by atoms with Crippen molar-refractivity contribution in [2.75, 3.05) is 6.61 Å². The van der Waals surface area contributed by atoms with Crippen LogP contribution in [-0.4, -0.2) is 25.6 Å². The zero-order valence-corrected chi connectivity index (χ0v) is 6.18. The summed E-state index contributed by atoms with van der Waals surface area (Å²) in [4.78, 5) is 0. The summed E-state index contributed by atoms with van der Waals surface area (Å²) in [6.07, 6.45) is 0. The van der Waals surface area contributed by atoms with E-state index in [2.05, 4.69) is 4.18 Å². The Morgan fingerprint density at radius 1 is 1.67 bits per heavy atom. The molecule has 9 heavy (non-hydrogen) atoms. The van der Waals surface area contributed by atoms with Crippen molar-refractivity contribution in [3.63, 3.8) is 0 Å². The molecule has 0 aromatic heterocycles. The third-order valence-electron chi connectivity index (χ3n) is 0.700. The Morgan fingerprint density at radius 3 is 2.22 bits per heavy atom. The van der Waals surface area contributed by atoms with Gasteiger partial charge in [0.1, 0.15) is 0 Å². The average Bonchev–Trinajstić information content (AvgIpc) is 1.65. The highest BCUT2D eigenvalue weighted by atomic mass is 32.2. The lowest BCUT2D eigenvalue weighted by molar-refractivity contribution is 0.230. The summed E-state index contributed by atoms with van der Waals surface area (Å²) in [7, 11) is -3.69. The van der Waals surface area contributed by atoms with E-state index in [1.54, 1.807) is 6.92 Å². The van der Waals surface area contributed by atoms with E-state index in [1.807, 2.05) is 0 Å². The minimum Gasteiger partial charge on any atom is -0.375 e. The molecule has 0 aromatic carbocycles. The molecule has 0 aromatic rings. The molecule has 0 aliphatic carbocycles. The molecule has 0 heterocycles. The summed E-state index contributed by atoms with van der Waals surface area (Å²) in [6, 6.07) is 0.